The van der Waals surface area contributed by atoms with E-state index in [2.05, 4.69) is 24.3 Å². The van der Waals surface area contributed by atoms with Crippen molar-refractivity contribution in [2.75, 3.05) is 16.8 Å². The average molecular weight is 333 g/mol. The molecule has 2 aromatic rings. The Morgan fingerprint density at radius 2 is 2.09 bits per heavy atom. The maximum Gasteiger partial charge on any atom is 0.280 e. The van der Waals surface area contributed by atoms with E-state index in [9.17, 15) is 4.79 Å². The number of rotatable bonds is 2. The predicted octanol–water partition coefficient (Wildman–Crippen LogP) is 3.48. The lowest BCUT2D eigenvalue weighted by Crippen LogP contribution is -2.47. The Bertz CT molecular complexity index is 753. The highest BCUT2D eigenvalue weighted by molar-refractivity contribution is 6.35. The van der Waals surface area contributed by atoms with E-state index in [4.69, 9.17) is 11.6 Å². The second-order valence-corrected chi connectivity index (χ2v) is 6.68. The smallest absolute Gasteiger partial charge is 0.280 e. The molecule has 3 rings (SSSR count). The summed E-state index contributed by atoms with van der Waals surface area (Å²) >= 11 is 6.31. The second kappa shape index (κ2) is 5.89. The first-order chi connectivity index (χ1) is 10.9. The van der Waals surface area contributed by atoms with E-state index in [0.717, 1.165) is 17.1 Å². The van der Waals surface area contributed by atoms with E-state index in [1.54, 1.807) is 16.6 Å². The van der Waals surface area contributed by atoms with E-state index in [1.165, 1.54) is 0 Å². The first kappa shape index (κ1) is 15.9. The minimum atomic E-state index is -0.154. The van der Waals surface area contributed by atoms with Crippen LogP contribution in [-0.2, 0) is 7.05 Å². The van der Waals surface area contributed by atoms with Gasteiger partial charge in [0.15, 0.2) is 5.69 Å². The van der Waals surface area contributed by atoms with E-state index in [0.29, 0.717) is 23.2 Å². The molecule has 1 aromatic carbocycles. The fourth-order valence-corrected chi connectivity index (χ4v) is 3.03. The molecule has 0 fully saturated rings. The number of hydrogen-bond donors (Lipinski definition) is 1. The molecule has 5 nitrogen and oxygen atoms in total. The van der Waals surface area contributed by atoms with Gasteiger partial charge in [-0.3, -0.25) is 9.48 Å². The van der Waals surface area contributed by atoms with E-state index < -0.39 is 0 Å². The van der Waals surface area contributed by atoms with Crippen LogP contribution in [0.3, 0.4) is 0 Å². The number of fused-ring (bicyclic) bond motifs is 1. The Hall–Kier alpha value is -2.01. The normalized spacial score (nSPS) is 17.1. The van der Waals surface area contributed by atoms with Gasteiger partial charge in [-0.25, -0.2) is 0 Å². The van der Waals surface area contributed by atoms with Crippen LogP contribution in [0.15, 0.2) is 24.3 Å². The molecule has 122 valence electrons. The molecule has 23 heavy (non-hydrogen) atoms. The number of carbonyl (C=O) groups is 1. The number of para-hydroxylation sites is 2. The number of amides is 1. The molecule has 1 N–H and O–H groups in total. The highest BCUT2D eigenvalue weighted by Gasteiger charge is 2.32. The molecular formula is C17H21ClN4O. The summed E-state index contributed by atoms with van der Waals surface area (Å²) in [7, 11) is 1.79. The van der Waals surface area contributed by atoms with Crippen LogP contribution in [0.25, 0.3) is 0 Å². The molecule has 6 heteroatoms. The number of carbonyl (C=O) groups excluding carboxylic acids is 1. The summed E-state index contributed by atoms with van der Waals surface area (Å²) < 4.78 is 1.64. The SMILES string of the molecule is Cc1c(Cl)c(C(=O)N2CC(C(C)C)Nc3ccccc32)nn1C. The summed E-state index contributed by atoms with van der Waals surface area (Å²) in [6, 6.07) is 8.03. The molecule has 1 unspecified atom stereocenters. The third kappa shape index (κ3) is 2.70. The molecule has 0 saturated carbocycles. The van der Waals surface area contributed by atoms with Gasteiger partial charge in [-0.2, -0.15) is 5.10 Å². The third-order valence-corrected chi connectivity index (χ3v) is 4.88. The number of aromatic nitrogens is 2. The van der Waals surface area contributed by atoms with E-state index >= 15 is 0 Å². The minimum absolute atomic E-state index is 0.154. The molecule has 1 amide bonds. The number of anilines is 2. The van der Waals surface area contributed by atoms with Crippen molar-refractivity contribution in [1.29, 1.82) is 0 Å². The monoisotopic (exact) mass is 332 g/mol. The van der Waals surface area contributed by atoms with Gasteiger partial charge in [-0.15, -0.1) is 0 Å². The van der Waals surface area contributed by atoms with Gasteiger partial charge in [0.1, 0.15) is 0 Å². The summed E-state index contributed by atoms with van der Waals surface area (Å²) in [5, 5.41) is 8.24. The van der Waals surface area contributed by atoms with Gasteiger partial charge in [-0.1, -0.05) is 37.6 Å². The molecule has 0 spiro atoms. The highest BCUT2D eigenvalue weighted by Crippen LogP contribution is 2.34. The molecule has 0 radical (unpaired) electrons. The van der Waals surface area contributed by atoms with Gasteiger partial charge < -0.3 is 10.2 Å². The van der Waals surface area contributed by atoms with Crippen LogP contribution >= 0.6 is 11.6 Å². The Kier molecular flexibility index (Phi) is 4.06. The fraction of sp³-hybridized carbons (Fsp3) is 0.412. The molecular weight excluding hydrogens is 312 g/mol. The van der Waals surface area contributed by atoms with Crippen molar-refractivity contribution in [3.05, 3.63) is 40.7 Å². The van der Waals surface area contributed by atoms with Crippen molar-refractivity contribution < 1.29 is 4.79 Å². The predicted molar refractivity (Wildman–Crippen MR) is 93.3 cm³/mol. The standard InChI is InChI=1S/C17H21ClN4O/c1-10(2)13-9-22(14-8-6-5-7-12(14)19-13)17(23)16-15(18)11(3)21(4)20-16/h5-8,10,13,19H,9H2,1-4H3. The number of nitrogens with one attached hydrogen (secondary N) is 1. The van der Waals surface area contributed by atoms with Crippen LogP contribution in [0.2, 0.25) is 5.02 Å². The number of benzene rings is 1. The van der Waals surface area contributed by atoms with E-state index in [-0.39, 0.29) is 11.9 Å². The van der Waals surface area contributed by atoms with Crippen molar-refractivity contribution in [2.45, 2.75) is 26.8 Å². The first-order valence-corrected chi connectivity index (χ1v) is 8.14. The van der Waals surface area contributed by atoms with E-state index in [1.807, 2.05) is 31.2 Å². The Morgan fingerprint density at radius 1 is 1.39 bits per heavy atom. The van der Waals surface area contributed by atoms with Gasteiger partial charge >= 0.3 is 0 Å². The quantitative estimate of drug-likeness (QED) is 0.916. The number of aryl methyl sites for hydroxylation is 1. The third-order valence-electron chi connectivity index (χ3n) is 4.43. The van der Waals surface area contributed by atoms with Gasteiger partial charge in [0, 0.05) is 19.6 Å². The van der Waals surface area contributed by atoms with Crippen molar-refractivity contribution >= 4 is 28.9 Å². The van der Waals surface area contributed by atoms with Crippen LogP contribution in [0.5, 0.6) is 0 Å². The summed E-state index contributed by atoms with van der Waals surface area (Å²) in [5.41, 5.74) is 2.94. The van der Waals surface area contributed by atoms with Crippen molar-refractivity contribution in [2.24, 2.45) is 13.0 Å². The van der Waals surface area contributed by atoms with Crippen LogP contribution < -0.4 is 10.2 Å². The summed E-state index contributed by atoms with van der Waals surface area (Å²) in [4.78, 5) is 14.8. The Morgan fingerprint density at radius 3 is 2.70 bits per heavy atom. The summed E-state index contributed by atoms with van der Waals surface area (Å²) in [5.74, 6) is 0.248. The Balaban J connectivity index is 2.03. The zero-order valence-electron chi connectivity index (χ0n) is 13.8. The lowest BCUT2D eigenvalue weighted by atomic mass is 9.99. The number of nitrogens with zero attached hydrogens (tertiary/aromatic N) is 3. The van der Waals surface area contributed by atoms with Crippen molar-refractivity contribution in [3.63, 3.8) is 0 Å². The summed E-state index contributed by atoms with van der Waals surface area (Å²) in [6.45, 7) is 6.74. The zero-order valence-corrected chi connectivity index (χ0v) is 14.6. The van der Waals surface area contributed by atoms with Crippen molar-refractivity contribution in [3.8, 4) is 0 Å². The molecule has 0 bridgehead atoms. The minimum Gasteiger partial charge on any atom is -0.379 e. The maximum absolute atomic E-state index is 13.1. The fourth-order valence-electron chi connectivity index (χ4n) is 2.79. The van der Waals surface area contributed by atoms with Gasteiger partial charge in [0.25, 0.3) is 5.91 Å². The summed E-state index contributed by atoms with van der Waals surface area (Å²) in [6.07, 6.45) is 0. The van der Waals surface area contributed by atoms with Crippen LogP contribution in [0, 0.1) is 12.8 Å². The molecule has 0 aliphatic carbocycles. The lowest BCUT2D eigenvalue weighted by Gasteiger charge is -2.37. The number of hydrogen-bond acceptors (Lipinski definition) is 3. The molecule has 1 aliphatic rings. The molecule has 2 heterocycles. The second-order valence-electron chi connectivity index (χ2n) is 6.30. The van der Waals surface area contributed by atoms with Crippen LogP contribution in [0.1, 0.15) is 30.0 Å². The first-order valence-electron chi connectivity index (χ1n) is 7.76. The molecule has 1 aromatic heterocycles. The Labute approximate surface area is 141 Å². The molecule has 1 aliphatic heterocycles. The van der Waals surface area contributed by atoms with Gasteiger partial charge in [-0.05, 0) is 25.0 Å². The largest absolute Gasteiger partial charge is 0.379 e. The van der Waals surface area contributed by atoms with Crippen molar-refractivity contribution in [1.82, 2.24) is 9.78 Å². The molecule has 0 saturated heterocycles. The highest BCUT2D eigenvalue weighted by atomic mass is 35.5. The zero-order chi connectivity index (χ0) is 16.7. The number of halogens is 1. The van der Waals surface area contributed by atoms with Gasteiger partial charge in [0.2, 0.25) is 0 Å². The van der Waals surface area contributed by atoms with Crippen LogP contribution in [-0.4, -0.2) is 28.3 Å². The van der Waals surface area contributed by atoms with Crippen LogP contribution in [0.4, 0.5) is 11.4 Å². The lowest BCUT2D eigenvalue weighted by molar-refractivity contribution is 0.0978. The molecule has 1 atom stereocenters. The van der Waals surface area contributed by atoms with Gasteiger partial charge in [0.05, 0.1) is 22.1 Å². The maximum atomic E-state index is 13.1. The topological polar surface area (TPSA) is 50.2 Å². The average Bonchev–Trinajstić information content (AvgIpc) is 2.80.